The SMILES string of the molecule is CSCC[C@@H](N)C(=O)Nc1ccc(OC(C)C)c(Cl)c1. The minimum atomic E-state index is -0.507. The highest BCUT2D eigenvalue weighted by Crippen LogP contribution is 2.28. The second-order valence-corrected chi connectivity index (χ2v) is 6.08. The molecule has 0 saturated heterocycles. The van der Waals surface area contributed by atoms with E-state index in [9.17, 15) is 4.79 Å². The fourth-order valence-electron chi connectivity index (χ4n) is 1.54. The summed E-state index contributed by atoms with van der Waals surface area (Å²) in [5.74, 6) is 1.26. The smallest absolute Gasteiger partial charge is 0.241 e. The zero-order valence-corrected chi connectivity index (χ0v) is 13.6. The molecule has 0 bridgehead atoms. The molecule has 0 aliphatic rings. The number of benzene rings is 1. The van der Waals surface area contributed by atoms with E-state index < -0.39 is 6.04 Å². The normalized spacial score (nSPS) is 12.3. The second-order valence-electron chi connectivity index (χ2n) is 4.69. The lowest BCUT2D eigenvalue weighted by Crippen LogP contribution is -2.36. The summed E-state index contributed by atoms with van der Waals surface area (Å²) in [5, 5.41) is 3.23. The Morgan fingerprint density at radius 2 is 2.20 bits per heavy atom. The van der Waals surface area contributed by atoms with E-state index in [2.05, 4.69) is 5.32 Å². The van der Waals surface area contributed by atoms with Crippen molar-refractivity contribution in [1.29, 1.82) is 0 Å². The molecule has 1 atom stereocenters. The van der Waals surface area contributed by atoms with Crippen LogP contribution in [-0.2, 0) is 4.79 Å². The van der Waals surface area contributed by atoms with Gasteiger partial charge in [-0.05, 0) is 50.5 Å². The average molecular weight is 317 g/mol. The predicted octanol–water partition coefficient (Wildman–Crippen LogP) is 3.15. The molecular weight excluding hydrogens is 296 g/mol. The molecule has 1 amide bonds. The van der Waals surface area contributed by atoms with Crippen molar-refractivity contribution in [2.24, 2.45) is 5.73 Å². The van der Waals surface area contributed by atoms with Crippen molar-refractivity contribution in [3.05, 3.63) is 23.2 Å². The van der Waals surface area contributed by atoms with Crippen LogP contribution in [0.1, 0.15) is 20.3 Å². The van der Waals surface area contributed by atoms with Gasteiger partial charge in [-0.1, -0.05) is 11.6 Å². The summed E-state index contributed by atoms with van der Waals surface area (Å²) < 4.78 is 5.53. The van der Waals surface area contributed by atoms with Crippen molar-refractivity contribution in [2.45, 2.75) is 32.4 Å². The Morgan fingerprint density at radius 3 is 2.75 bits per heavy atom. The van der Waals surface area contributed by atoms with Crippen molar-refractivity contribution in [3.8, 4) is 5.75 Å². The monoisotopic (exact) mass is 316 g/mol. The van der Waals surface area contributed by atoms with Gasteiger partial charge in [0.1, 0.15) is 5.75 Å². The van der Waals surface area contributed by atoms with Crippen molar-refractivity contribution >= 4 is 35.0 Å². The van der Waals surface area contributed by atoms with Gasteiger partial charge in [0.2, 0.25) is 5.91 Å². The Labute approximate surface area is 129 Å². The molecule has 3 N–H and O–H groups in total. The molecule has 0 aromatic heterocycles. The Kier molecular flexibility index (Phi) is 7.19. The highest BCUT2D eigenvalue weighted by atomic mass is 35.5. The minimum absolute atomic E-state index is 0.0490. The zero-order chi connectivity index (χ0) is 15.1. The molecule has 0 saturated carbocycles. The highest BCUT2D eigenvalue weighted by Gasteiger charge is 2.14. The molecule has 0 unspecified atom stereocenters. The first kappa shape index (κ1) is 17.1. The van der Waals surface area contributed by atoms with Gasteiger partial charge in [-0.2, -0.15) is 11.8 Å². The van der Waals surface area contributed by atoms with Gasteiger partial charge < -0.3 is 15.8 Å². The lowest BCUT2D eigenvalue weighted by atomic mass is 10.2. The van der Waals surface area contributed by atoms with Crippen molar-refractivity contribution in [1.82, 2.24) is 0 Å². The van der Waals surface area contributed by atoms with Crippen LogP contribution in [0, 0.1) is 0 Å². The number of nitrogens with one attached hydrogen (secondary N) is 1. The lowest BCUT2D eigenvalue weighted by Gasteiger charge is -2.14. The number of ether oxygens (including phenoxy) is 1. The summed E-state index contributed by atoms with van der Waals surface area (Å²) in [4.78, 5) is 11.9. The first-order valence-electron chi connectivity index (χ1n) is 6.45. The van der Waals surface area contributed by atoms with Crippen LogP contribution in [0.2, 0.25) is 5.02 Å². The van der Waals surface area contributed by atoms with Gasteiger partial charge in [0.05, 0.1) is 17.2 Å². The number of hydrogen-bond acceptors (Lipinski definition) is 4. The van der Waals surface area contributed by atoms with Crippen LogP contribution in [0.15, 0.2) is 18.2 Å². The molecule has 1 aromatic carbocycles. The van der Waals surface area contributed by atoms with Gasteiger partial charge in [-0.3, -0.25) is 4.79 Å². The van der Waals surface area contributed by atoms with Crippen LogP contribution in [0.4, 0.5) is 5.69 Å². The number of halogens is 1. The third kappa shape index (κ3) is 5.61. The van der Waals surface area contributed by atoms with Gasteiger partial charge in [0.15, 0.2) is 0 Å². The fourth-order valence-corrected chi connectivity index (χ4v) is 2.25. The molecule has 20 heavy (non-hydrogen) atoms. The van der Waals surface area contributed by atoms with Crippen LogP contribution < -0.4 is 15.8 Å². The maximum absolute atomic E-state index is 11.9. The first-order valence-corrected chi connectivity index (χ1v) is 8.22. The number of carbonyl (C=O) groups is 1. The number of amides is 1. The molecule has 112 valence electrons. The van der Waals surface area contributed by atoms with Crippen molar-refractivity contribution < 1.29 is 9.53 Å². The summed E-state index contributed by atoms with van der Waals surface area (Å²) in [5.41, 5.74) is 6.42. The number of carbonyl (C=O) groups excluding carboxylic acids is 1. The molecule has 0 aliphatic heterocycles. The summed E-state index contributed by atoms with van der Waals surface area (Å²) >= 11 is 7.78. The van der Waals surface area contributed by atoms with E-state index in [1.165, 1.54) is 0 Å². The number of anilines is 1. The molecule has 1 rings (SSSR count). The van der Waals surface area contributed by atoms with E-state index in [1.807, 2.05) is 20.1 Å². The molecule has 0 radical (unpaired) electrons. The second kappa shape index (κ2) is 8.39. The van der Waals surface area contributed by atoms with E-state index in [0.29, 0.717) is 22.9 Å². The zero-order valence-electron chi connectivity index (χ0n) is 12.0. The largest absolute Gasteiger partial charge is 0.489 e. The van der Waals surface area contributed by atoms with Crippen LogP contribution in [0.5, 0.6) is 5.75 Å². The van der Waals surface area contributed by atoms with Crippen molar-refractivity contribution in [2.75, 3.05) is 17.3 Å². The fraction of sp³-hybridized carbons (Fsp3) is 0.500. The molecule has 0 spiro atoms. The van der Waals surface area contributed by atoms with Gasteiger partial charge in [0, 0.05) is 5.69 Å². The summed E-state index contributed by atoms with van der Waals surface area (Å²) in [7, 11) is 0. The van der Waals surface area contributed by atoms with E-state index in [1.54, 1.807) is 30.0 Å². The molecular formula is C14H21ClN2O2S. The van der Waals surface area contributed by atoms with Gasteiger partial charge in [-0.25, -0.2) is 0 Å². The van der Waals surface area contributed by atoms with Crippen LogP contribution in [-0.4, -0.2) is 30.1 Å². The summed E-state index contributed by atoms with van der Waals surface area (Å²) in [6.45, 7) is 3.85. The van der Waals surface area contributed by atoms with Crippen LogP contribution in [0.3, 0.4) is 0 Å². The van der Waals surface area contributed by atoms with E-state index in [-0.39, 0.29) is 12.0 Å². The summed E-state index contributed by atoms with van der Waals surface area (Å²) in [6.07, 6.45) is 2.68. The highest BCUT2D eigenvalue weighted by molar-refractivity contribution is 7.98. The number of thioether (sulfide) groups is 1. The molecule has 0 aliphatic carbocycles. The summed E-state index contributed by atoms with van der Waals surface area (Å²) in [6, 6.07) is 4.65. The number of hydrogen-bond donors (Lipinski definition) is 2. The van der Waals surface area contributed by atoms with E-state index >= 15 is 0 Å². The molecule has 0 heterocycles. The number of nitrogens with two attached hydrogens (primary N) is 1. The predicted molar refractivity (Wildman–Crippen MR) is 86.8 cm³/mol. The third-order valence-corrected chi connectivity index (χ3v) is 3.47. The molecule has 4 nitrogen and oxygen atoms in total. The van der Waals surface area contributed by atoms with Crippen molar-refractivity contribution in [3.63, 3.8) is 0 Å². The van der Waals surface area contributed by atoms with Gasteiger partial charge in [-0.15, -0.1) is 0 Å². The topological polar surface area (TPSA) is 64.4 Å². The van der Waals surface area contributed by atoms with Gasteiger partial charge in [0.25, 0.3) is 0 Å². The third-order valence-electron chi connectivity index (χ3n) is 2.53. The Morgan fingerprint density at radius 1 is 1.50 bits per heavy atom. The van der Waals surface area contributed by atoms with E-state index in [4.69, 9.17) is 22.1 Å². The minimum Gasteiger partial charge on any atom is -0.489 e. The Balaban J connectivity index is 2.64. The maximum Gasteiger partial charge on any atom is 0.241 e. The maximum atomic E-state index is 11.9. The molecule has 0 fully saturated rings. The standard InChI is InChI=1S/C14H21ClN2O2S/c1-9(2)19-13-5-4-10(8-11(13)15)17-14(18)12(16)6-7-20-3/h4-5,8-9,12H,6-7,16H2,1-3H3,(H,17,18)/t12-/m1/s1. The molecule has 6 heteroatoms. The first-order chi connectivity index (χ1) is 9.43. The molecule has 1 aromatic rings. The van der Waals surface area contributed by atoms with Crippen LogP contribution in [0.25, 0.3) is 0 Å². The lowest BCUT2D eigenvalue weighted by molar-refractivity contribution is -0.117. The van der Waals surface area contributed by atoms with Crippen LogP contribution >= 0.6 is 23.4 Å². The average Bonchev–Trinajstić information content (AvgIpc) is 2.38. The van der Waals surface area contributed by atoms with E-state index in [0.717, 1.165) is 5.75 Å². The van der Waals surface area contributed by atoms with Gasteiger partial charge >= 0.3 is 0 Å². The number of rotatable bonds is 7. The quantitative estimate of drug-likeness (QED) is 0.811. The Hall–Kier alpha value is -0.910. The Bertz CT molecular complexity index is 455.